The lowest BCUT2D eigenvalue weighted by Gasteiger charge is -2.44. The maximum atomic E-state index is 13.0. The number of hydrogen-bond donors (Lipinski definition) is 1. The van der Waals surface area contributed by atoms with Gasteiger partial charge in [0.1, 0.15) is 11.9 Å². The minimum absolute atomic E-state index is 0.0173. The monoisotopic (exact) mass is 464 g/mol. The van der Waals surface area contributed by atoms with Crippen LogP contribution in [-0.4, -0.2) is 50.6 Å². The summed E-state index contributed by atoms with van der Waals surface area (Å²) in [4.78, 5) is 15.4. The molecule has 6 heteroatoms. The van der Waals surface area contributed by atoms with E-state index in [1.54, 1.807) is 7.11 Å². The smallest absolute Gasteiger partial charge is 0.407 e. The van der Waals surface area contributed by atoms with Crippen LogP contribution in [0.15, 0.2) is 42.5 Å². The molecular formula is C28H36N2O4. The first-order valence-corrected chi connectivity index (χ1v) is 12.5. The van der Waals surface area contributed by atoms with E-state index in [1.165, 1.54) is 11.1 Å². The van der Waals surface area contributed by atoms with Crippen molar-refractivity contribution in [2.45, 2.75) is 51.7 Å². The summed E-state index contributed by atoms with van der Waals surface area (Å²) in [5.74, 6) is 1.29. The molecule has 2 aromatic rings. The van der Waals surface area contributed by atoms with Crippen LogP contribution in [0, 0.1) is 11.3 Å². The van der Waals surface area contributed by atoms with E-state index in [4.69, 9.17) is 14.2 Å². The van der Waals surface area contributed by atoms with Crippen molar-refractivity contribution in [3.8, 4) is 16.9 Å². The number of carbonyl (C=O) groups is 1. The standard InChI is InChI=1S/C28H36N2O4/c1-28(2)12-9-22-15-21(20-5-4-6-23(16-20)33-18-32-3)7-8-24(22)26(28)29-27(31)34-25-17-30-13-10-19(25)11-14-30/h4-8,15-16,19,25-26H,9-14,17-18H2,1-3H3,(H,29,31)/t25-,26?/m0/s1. The third-order valence-corrected chi connectivity index (χ3v) is 7.90. The van der Waals surface area contributed by atoms with Crippen molar-refractivity contribution >= 4 is 6.09 Å². The highest BCUT2D eigenvalue weighted by atomic mass is 16.7. The number of ether oxygens (including phenoxy) is 3. The van der Waals surface area contributed by atoms with Gasteiger partial charge in [0.15, 0.2) is 6.79 Å². The van der Waals surface area contributed by atoms with Crippen molar-refractivity contribution in [2.24, 2.45) is 11.3 Å². The van der Waals surface area contributed by atoms with Crippen LogP contribution < -0.4 is 10.1 Å². The summed E-state index contributed by atoms with van der Waals surface area (Å²) in [6.07, 6.45) is 4.00. The SMILES string of the molecule is COCOc1cccc(-c2ccc3c(c2)CCC(C)(C)C3NC(=O)O[C@H]2CN3CCC2CC3)c1. The molecule has 3 fully saturated rings. The summed E-state index contributed by atoms with van der Waals surface area (Å²) in [6, 6.07) is 14.6. The molecule has 6 rings (SSSR count). The minimum Gasteiger partial charge on any atom is -0.468 e. The van der Waals surface area contributed by atoms with Crippen LogP contribution in [-0.2, 0) is 15.9 Å². The van der Waals surface area contributed by atoms with Crippen molar-refractivity contribution < 1.29 is 19.0 Å². The number of aryl methyl sites for hydroxylation is 1. The molecule has 3 aliphatic heterocycles. The Morgan fingerprint density at radius 1 is 1.12 bits per heavy atom. The normalized spacial score (nSPS) is 27.0. The van der Waals surface area contributed by atoms with Gasteiger partial charge in [0.2, 0.25) is 0 Å². The molecule has 0 radical (unpaired) electrons. The molecule has 3 heterocycles. The van der Waals surface area contributed by atoms with Crippen LogP contribution in [0.5, 0.6) is 5.75 Å². The zero-order valence-electron chi connectivity index (χ0n) is 20.5. The highest BCUT2D eigenvalue weighted by Crippen LogP contribution is 2.44. The van der Waals surface area contributed by atoms with Gasteiger partial charge in [0.05, 0.1) is 6.04 Å². The number of methoxy groups -OCH3 is 1. The van der Waals surface area contributed by atoms with Gasteiger partial charge in [-0.3, -0.25) is 4.90 Å². The van der Waals surface area contributed by atoms with E-state index in [0.29, 0.717) is 5.92 Å². The fraction of sp³-hybridized carbons (Fsp3) is 0.536. The largest absolute Gasteiger partial charge is 0.468 e. The number of alkyl carbamates (subject to hydrolysis) is 1. The average Bonchev–Trinajstić information content (AvgIpc) is 2.85. The lowest BCUT2D eigenvalue weighted by atomic mass is 9.70. The van der Waals surface area contributed by atoms with Gasteiger partial charge in [0, 0.05) is 13.7 Å². The zero-order valence-corrected chi connectivity index (χ0v) is 20.5. The van der Waals surface area contributed by atoms with Crippen LogP contribution in [0.25, 0.3) is 11.1 Å². The number of benzene rings is 2. The van der Waals surface area contributed by atoms with E-state index in [9.17, 15) is 4.79 Å². The van der Waals surface area contributed by atoms with E-state index in [2.05, 4.69) is 48.3 Å². The van der Waals surface area contributed by atoms with Gasteiger partial charge in [-0.1, -0.05) is 44.2 Å². The summed E-state index contributed by atoms with van der Waals surface area (Å²) in [7, 11) is 1.62. The summed E-state index contributed by atoms with van der Waals surface area (Å²) in [5, 5.41) is 3.25. The molecule has 2 bridgehead atoms. The molecule has 0 spiro atoms. The van der Waals surface area contributed by atoms with Crippen LogP contribution in [0.1, 0.15) is 50.3 Å². The highest BCUT2D eigenvalue weighted by Gasteiger charge is 2.40. The Kier molecular flexibility index (Phi) is 6.54. The Morgan fingerprint density at radius 2 is 1.91 bits per heavy atom. The molecule has 1 amide bonds. The number of rotatable bonds is 6. The van der Waals surface area contributed by atoms with Gasteiger partial charge in [0.25, 0.3) is 0 Å². The highest BCUT2D eigenvalue weighted by molar-refractivity contribution is 5.70. The van der Waals surface area contributed by atoms with E-state index in [1.807, 2.05) is 18.2 Å². The number of nitrogens with one attached hydrogen (secondary N) is 1. The van der Waals surface area contributed by atoms with Gasteiger partial charge < -0.3 is 19.5 Å². The Bertz CT molecular complexity index is 1030. The minimum atomic E-state index is -0.281. The Balaban J connectivity index is 1.33. The van der Waals surface area contributed by atoms with Crippen molar-refractivity contribution in [2.75, 3.05) is 33.5 Å². The molecule has 2 atom stereocenters. The van der Waals surface area contributed by atoms with Gasteiger partial charge in [-0.15, -0.1) is 0 Å². The first-order chi connectivity index (χ1) is 16.4. The Labute approximate surface area is 202 Å². The fourth-order valence-electron chi connectivity index (χ4n) is 5.80. The Morgan fingerprint density at radius 3 is 2.65 bits per heavy atom. The van der Waals surface area contributed by atoms with Gasteiger partial charge in [-0.25, -0.2) is 4.79 Å². The second-order valence-corrected chi connectivity index (χ2v) is 10.6. The second-order valence-electron chi connectivity index (χ2n) is 10.6. The van der Waals surface area contributed by atoms with Crippen molar-refractivity contribution in [1.29, 1.82) is 0 Å². The van der Waals surface area contributed by atoms with Crippen LogP contribution in [0.3, 0.4) is 0 Å². The van der Waals surface area contributed by atoms with Crippen LogP contribution in [0.2, 0.25) is 0 Å². The maximum Gasteiger partial charge on any atom is 0.407 e. The molecule has 182 valence electrons. The molecule has 1 aliphatic carbocycles. The van der Waals surface area contributed by atoms with E-state index in [-0.39, 0.29) is 30.4 Å². The van der Waals surface area contributed by atoms with Gasteiger partial charge in [-0.2, -0.15) is 0 Å². The number of piperidine rings is 3. The van der Waals surface area contributed by atoms with Gasteiger partial charge >= 0.3 is 6.09 Å². The van der Waals surface area contributed by atoms with Crippen molar-refractivity contribution in [3.63, 3.8) is 0 Å². The summed E-state index contributed by atoms with van der Waals surface area (Å²) in [5.41, 5.74) is 4.68. The van der Waals surface area contributed by atoms with E-state index in [0.717, 1.165) is 62.2 Å². The number of carbonyl (C=O) groups excluding carboxylic acids is 1. The molecule has 0 aromatic heterocycles. The molecule has 2 aromatic carbocycles. The first-order valence-electron chi connectivity index (χ1n) is 12.5. The third kappa shape index (κ3) is 4.80. The van der Waals surface area contributed by atoms with E-state index < -0.39 is 0 Å². The number of amides is 1. The van der Waals surface area contributed by atoms with Crippen LogP contribution in [0.4, 0.5) is 4.79 Å². The Hall–Kier alpha value is -2.57. The molecule has 1 N–H and O–H groups in total. The van der Waals surface area contributed by atoms with E-state index >= 15 is 0 Å². The molecule has 1 unspecified atom stereocenters. The molecule has 34 heavy (non-hydrogen) atoms. The average molecular weight is 465 g/mol. The molecule has 0 saturated carbocycles. The lowest BCUT2D eigenvalue weighted by Crippen LogP contribution is -2.53. The quantitative estimate of drug-likeness (QED) is 0.598. The second kappa shape index (κ2) is 9.59. The molecule has 3 saturated heterocycles. The molecular weight excluding hydrogens is 428 g/mol. The number of hydrogen-bond acceptors (Lipinski definition) is 5. The maximum absolute atomic E-state index is 13.0. The fourth-order valence-corrected chi connectivity index (χ4v) is 5.80. The van der Waals surface area contributed by atoms with Gasteiger partial charge in [-0.05, 0) is 84.5 Å². The summed E-state index contributed by atoms with van der Waals surface area (Å²) in [6.45, 7) is 7.85. The van der Waals surface area contributed by atoms with Crippen LogP contribution >= 0.6 is 0 Å². The summed E-state index contributed by atoms with van der Waals surface area (Å²) >= 11 is 0. The molecule has 6 nitrogen and oxygen atoms in total. The number of fused-ring (bicyclic) bond motifs is 4. The topological polar surface area (TPSA) is 60.0 Å². The van der Waals surface area contributed by atoms with Crippen molar-refractivity contribution in [3.05, 3.63) is 53.6 Å². The summed E-state index contributed by atoms with van der Waals surface area (Å²) < 4.78 is 16.6. The van der Waals surface area contributed by atoms with Crippen molar-refractivity contribution in [1.82, 2.24) is 10.2 Å². The third-order valence-electron chi connectivity index (χ3n) is 7.90. The number of nitrogens with zero attached hydrogens (tertiary/aromatic N) is 1. The first kappa shape index (κ1) is 23.2. The predicted octanol–water partition coefficient (Wildman–Crippen LogP) is 5.17. The lowest BCUT2D eigenvalue weighted by molar-refractivity contribution is -0.0353. The zero-order chi connectivity index (χ0) is 23.7. The molecule has 4 aliphatic rings. The predicted molar refractivity (Wildman–Crippen MR) is 132 cm³/mol.